The highest BCUT2D eigenvalue weighted by Gasteiger charge is 2.16. The number of rotatable bonds is 5. The molecule has 0 saturated heterocycles. The van der Waals surface area contributed by atoms with Crippen LogP contribution in [0.1, 0.15) is 15.9 Å². The molecule has 2 nitrogen and oxygen atoms in total. The molecule has 0 fully saturated rings. The maximum atomic E-state index is 12.7. The number of halogens is 3. The van der Waals surface area contributed by atoms with E-state index in [4.69, 9.17) is 11.6 Å². The van der Waals surface area contributed by atoms with Crippen LogP contribution in [0.15, 0.2) is 53.0 Å². The molecule has 0 heterocycles. The maximum absolute atomic E-state index is 12.7. The summed E-state index contributed by atoms with van der Waals surface area (Å²) in [4.78, 5) is 14.5. The second-order valence-electron chi connectivity index (χ2n) is 4.56. The quantitative estimate of drug-likeness (QED) is 0.601. The third-order valence-electron chi connectivity index (χ3n) is 2.97. The van der Waals surface area contributed by atoms with Crippen molar-refractivity contribution in [3.05, 3.63) is 69.2 Å². The summed E-state index contributed by atoms with van der Waals surface area (Å²) in [5, 5.41) is 1.28. The Bertz CT molecular complexity index is 599. The van der Waals surface area contributed by atoms with E-state index in [0.717, 1.165) is 15.4 Å². The van der Waals surface area contributed by atoms with E-state index < -0.39 is 0 Å². The molecule has 21 heavy (non-hydrogen) atoms. The van der Waals surface area contributed by atoms with Crippen molar-refractivity contribution in [1.29, 1.82) is 0 Å². The van der Waals surface area contributed by atoms with Gasteiger partial charge in [-0.25, -0.2) is 0 Å². The standard InChI is InChI=1S/C16H14Br2ClNO/c17-6-7-20(11-12-4-2-1-3-5-12)16(21)13-8-14(18)10-15(19)9-13/h1-5,8-10H,6-7,11H2. The minimum Gasteiger partial charge on any atom is -0.333 e. The number of carbonyl (C=O) groups excluding carboxylic acids is 1. The molecule has 0 aliphatic heterocycles. The van der Waals surface area contributed by atoms with Gasteiger partial charge in [-0.3, -0.25) is 4.79 Å². The van der Waals surface area contributed by atoms with Crippen LogP contribution in [0, 0.1) is 0 Å². The minimum atomic E-state index is -0.0264. The number of benzene rings is 2. The van der Waals surface area contributed by atoms with Crippen molar-refractivity contribution < 1.29 is 4.79 Å². The van der Waals surface area contributed by atoms with Crippen molar-refractivity contribution in [3.8, 4) is 0 Å². The first kappa shape index (κ1) is 16.5. The van der Waals surface area contributed by atoms with Gasteiger partial charge in [0.1, 0.15) is 0 Å². The Hall–Kier alpha value is -0.840. The number of carbonyl (C=O) groups is 1. The van der Waals surface area contributed by atoms with Gasteiger partial charge >= 0.3 is 0 Å². The zero-order chi connectivity index (χ0) is 15.2. The molecule has 0 aromatic heterocycles. The topological polar surface area (TPSA) is 20.3 Å². The fourth-order valence-electron chi connectivity index (χ4n) is 2.02. The van der Waals surface area contributed by atoms with Gasteiger partial charge in [-0.1, -0.05) is 73.8 Å². The first-order valence-corrected chi connectivity index (χ1v) is 8.74. The molecular weight excluding hydrogens is 417 g/mol. The predicted octanol–water partition coefficient (Wildman–Crippen LogP) is 5.14. The zero-order valence-corrected chi connectivity index (χ0v) is 15.2. The molecule has 0 bridgehead atoms. The number of nitrogens with zero attached hydrogens (tertiary/aromatic N) is 1. The summed E-state index contributed by atoms with van der Waals surface area (Å²) in [5.41, 5.74) is 1.69. The average Bonchev–Trinajstić information content (AvgIpc) is 2.46. The number of hydrogen-bond donors (Lipinski definition) is 0. The predicted molar refractivity (Wildman–Crippen MR) is 94.1 cm³/mol. The molecule has 5 heteroatoms. The summed E-state index contributed by atoms with van der Waals surface area (Å²) < 4.78 is 0.803. The Labute approximate surface area is 146 Å². The summed E-state index contributed by atoms with van der Waals surface area (Å²) >= 11 is 12.8. The molecule has 2 rings (SSSR count). The van der Waals surface area contributed by atoms with Gasteiger partial charge in [0.25, 0.3) is 5.91 Å². The lowest BCUT2D eigenvalue weighted by molar-refractivity contribution is 0.0754. The van der Waals surface area contributed by atoms with Crippen LogP contribution in [-0.4, -0.2) is 22.7 Å². The number of alkyl halides is 1. The molecular formula is C16H14Br2ClNO. The highest BCUT2D eigenvalue weighted by molar-refractivity contribution is 9.10. The Kier molecular flexibility index (Phi) is 6.27. The fourth-order valence-corrected chi connectivity index (χ4v) is 3.31. The highest BCUT2D eigenvalue weighted by atomic mass is 79.9. The lowest BCUT2D eigenvalue weighted by Gasteiger charge is -2.22. The summed E-state index contributed by atoms with van der Waals surface area (Å²) in [5.74, 6) is -0.0264. The second-order valence-corrected chi connectivity index (χ2v) is 6.70. The van der Waals surface area contributed by atoms with Crippen LogP contribution in [0.5, 0.6) is 0 Å². The van der Waals surface area contributed by atoms with Crippen molar-refractivity contribution >= 4 is 49.4 Å². The molecule has 0 N–H and O–H groups in total. The van der Waals surface area contributed by atoms with Crippen LogP contribution in [0.25, 0.3) is 0 Å². The molecule has 2 aromatic rings. The lowest BCUT2D eigenvalue weighted by atomic mass is 10.1. The maximum Gasteiger partial charge on any atom is 0.254 e. The fraction of sp³-hybridized carbons (Fsp3) is 0.188. The van der Waals surface area contributed by atoms with Gasteiger partial charge in [-0.05, 0) is 23.8 Å². The van der Waals surface area contributed by atoms with Gasteiger partial charge < -0.3 is 4.90 Å². The molecule has 2 aromatic carbocycles. The molecule has 110 valence electrons. The van der Waals surface area contributed by atoms with Crippen molar-refractivity contribution in [1.82, 2.24) is 4.90 Å². The SMILES string of the molecule is O=C(c1cc(Cl)cc(Br)c1)N(CCBr)Cc1ccccc1. The first-order chi connectivity index (χ1) is 10.1. The van der Waals surface area contributed by atoms with Crippen molar-refractivity contribution in [3.63, 3.8) is 0 Å². The monoisotopic (exact) mass is 429 g/mol. The average molecular weight is 432 g/mol. The third-order valence-corrected chi connectivity index (χ3v) is 4.00. The Morgan fingerprint density at radius 1 is 1.14 bits per heavy atom. The summed E-state index contributed by atoms with van der Waals surface area (Å²) in [6, 6.07) is 15.2. The van der Waals surface area contributed by atoms with Gasteiger partial charge in [-0.2, -0.15) is 0 Å². The van der Waals surface area contributed by atoms with Crippen LogP contribution >= 0.6 is 43.5 Å². The third kappa shape index (κ3) is 4.83. The highest BCUT2D eigenvalue weighted by Crippen LogP contribution is 2.21. The van der Waals surface area contributed by atoms with E-state index in [-0.39, 0.29) is 5.91 Å². The van der Waals surface area contributed by atoms with Crippen LogP contribution in [-0.2, 0) is 6.54 Å². The van der Waals surface area contributed by atoms with E-state index in [2.05, 4.69) is 31.9 Å². The van der Waals surface area contributed by atoms with Gasteiger partial charge in [0.2, 0.25) is 0 Å². The second kappa shape index (κ2) is 7.97. The van der Waals surface area contributed by atoms with E-state index in [1.54, 1.807) is 18.2 Å². The zero-order valence-electron chi connectivity index (χ0n) is 11.2. The van der Waals surface area contributed by atoms with Crippen LogP contribution < -0.4 is 0 Å². The normalized spacial score (nSPS) is 10.4. The summed E-state index contributed by atoms with van der Waals surface area (Å²) in [7, 11) is 0. The Morgan fingerprint density at radius 3 is 2.48 bits per heavy atom. The minimum absolute atomic E-state index is 0.0264. The van der Waals surface area contributed by atoms with Crippen molar-refractivity contribution in [2.75, 3.05) is 11.9 Å². The van der Waals surface area contributed by atoms with Crippen molar-refractivity contribution in [2.45, 2.75) is 6.54 Å². The lowest BCUT2D eigenvalue weighted by Crippen LogP contribution is -2.32. The van der Waals surface area contributed by atoms with Gasteiger partial charge in [0.15, 0.2) is 0 Å². The Morgan fingerprint density at radius 2 is 1.86 bits per heavy atom. The largest absolute Gasteiger partial charge is 0.333 e. The smallest absolute Gasteiger partial charge is 0.254 e. The molecule has 0 unspecified atom stereocenters. The molecule has 1 amide bonds. The molecule has 0 saturated carbocycles. The number of amides is 1. The van der Waals surface area contributed by atoms with Gasteiger partial charge in [0, 0.05) is 33.5 Å². The first-order valence-electron chi connectivity index (χ1n) is 6.45. The van der Waals surface area contributed by atoms with Gasteiger partial charge in [0.05, 0.1) is 0 Å². The van der Waals surface area contributed by atoms with E-state index in [0.29, 0.717) is 23.7 Å². The molecule has 0 spiro atoms. The van der Waals surface area contributed by atoms with E-state index in [1.165, 1.54) is 0 Å². The van der Waals surface area contributed by atoms with E-state index in [1.807, 2.05) is 35.2 Å². The Balaban J connectivity index is 2.22. The van der Waals surface area contributed by atoms with E-state index >= 15 is 0 Å². The summed E-state index contributed by atoms with van der Waals surface area (Å²) in [6.07, 6.45) is 0. The van der Waals surface area contributed by atoms with Crippen molar-refractivity contribution in [2.24, 2.45) is 0 Å². The summed E-state index contributed by atoms with van der Waals surface area (Å²) in [6.45, 7) is 1.22. The van der Waals surface area contributed by atoms with Crippen LogP contribution in [0.4, 0.5) is 0 Å². The van der Waals surface area contributed by atoms with Crippen LogP contribution in [0.3, 0.4) is 0 Å². The molecule has 0 aliphatic rings. The van der Waals surface area contributed by atoms with Crippen LogP contribution in [0.2, 0.25) is 5.02 Å². The molecule has 0 radical (unpaired) electrons. The number of hydrogen-bond acceptors (Lipinski definition) is 1. The molecule has 0 atom stereocenters. The van der Waals surface area contributed by atoms with Gasteiger partial charge in [-0.15, -0.1) is 0 Å². The van der Waals surface area contributed by atoms with E-state index in [9.17, 15) is 4.79 Å². The molecule has 0 aliphatic carbocycles.